The molecule has 1 rings (SSSR count). The third-order valence-corrected chi connectivity index (χ3v) is 3.04. The van der Waals surface area contributed by atoms with Crippen LogP contribution in [0.3, 0.4) is 0 Å². The van der Waals surface area contributed by atoms with Gasteiger partial charge in [-0.15, -0.1) is 0 Å². The molecule has 0 saturated carbocycles. The highest BCUT2D eigenvalue weighted by Gasteiger charge is 2.07. The molecule has 0 spiro atoms. The van der Waals surface area contributed by atoms with Gasteiger partial charge in [-0.25, -0.2) is 0 Å². The third-order valence-electron chi connectivity index (χ3n) is 3.04. The van der Waals surface area contributed by atoms with Crippen molar-refractivity contribution in [1.29, 1.82) is 0 Å². The molecule has 17 heavy (non-hydrogen) atoms. The molecule has 0 fully saturated rings. The first-order chi connectivity index (χ1) is 8.02. The Morgan fingerprint density at radius 3 is 2.47 bits per heavy atom. The topological polar surface area (TPSA) is 41.9 Å². The largest absolute Gasteiger partial charge is 0.314 e. The second kappa shape index (κ2) is 6.77. The van der Waals surface area contributed by atoms with Crippen molar-refractivity contribution < 1.29 is 0 Å². The monoisotopic (exact) mass is 238 g/mol. The normalized spacial score (nSPS) is 11.4. The number of hydrogen-bond acceptors (Lipinski definition) is 3. The standard InChI is InChI=1S/C13H26N4/c1-10(2)15-8-6-7-14-9-13-11(3)16-17(5)12(13)4/h10,14-15H,6-9H2,1-5H3. The van der Waals surface area contributed by atoms with Crippen LogP contribution in [0.1, 0.15) is 37.2 Å². The molecule has 0 unspecified atom stereocenters. The average Bonchev–Trinajstić information content (AvgIpc) is 2.48. The Bertz CT molecular complexity index is 341. The van der Waals surface area contributed by atoms with Crippen molar-refractivity contribution >= 4 is 0 Å². The second-order valence-corrected chi connectivity index (χ2v) is 4.91. The summed E-state index contributed by atoms with van der Waals surface area (Å²) in [5.74, 6) is 0. The van der Waals surface area contributed by atoms with Crippen LogP contribution in [0.4, 0.5) is 0 Å². The number of aromatic nitrogens is 2. The third kappa shape index (κ3) is 4.48. The summed E-state index contributed by atoms with van der Waals surface area (Å²) in [6.07, 6.45) is 1.16. The van der Waals surface area contributed by atoms with Crippen molar-refractivity contribution in [2.24, 2.45) is 7.05 Å². The summed E-state index contributed by atoms with van der Waals surface area (Å²) in [7, 11) is 2.00. The fraction of sp³-hybridized carbons (Fsp3) is 0.769. The fourth-order valence-electron chi connectivity index (χ4n) is 1.89. The summed E-state index contributed by atoms with van der Waals surface area (Å²) in [5.41, 5.74) is 3.73. The summed E-state index contributed by atoms with van der Waals surface area (Å²) in [4.78, 5) is 0. The molecule has 0 bridgehead atoms. The Morgan fingerprint density at radius 2 is 1.94 bits per heavy atom. The molecule has 0 radical (unpaired) electrons. The second-order valence-electron chi connectivity index (χ2n) is 4.91. The highest BCUT2D eigenvalue weighted by Crippen LogP contribution is 2.10. The Kier molecular flexibility index (Phi) is 5.65. The van der Waals surface area contributed by atoms with Gasteiger partial charge in [0.2, 0.25) is 0 Å². The Balaban J connectivity index is 2.22. The van der Waals surface area contributed by atoms with E-state index in [-0.39, 0.29) is 0 Å². The van der Waals surface area contributed by atoms with Crippen molar-refractivity contribution in [3.05, 3.63) is 17.0 Å². The average molecular weight is 238 g/mol. The lowest BCUT2D eigenvalue weighted by atomic mass is 10.2. The van der Waals surface area contributed by atoms with E-state index in [4.69, 9.17) is 0 Å². The van der Waals surface area contributed by atoms with Crippen molar-refractivity contribution in [3.63, 3.8) is 0 Å². The van der Waals surface area contributed by atoms with Crippen LogP contribution in [0.25, 0.3) is 0 Å². The van der Waals surface area contributed by atoms with Gasteiger partial charge in [0.1, 0.15) is 0 Å². The lowest BCUT2D eigenvalue weighted by Crippen LogP contribution is -2.26. The summed E-state index contributed by atoms with van der Waals surface area (Å²) in [5, 5.41) is 11.3. The molecule has 0 aliphatic heterocycles. The van der Waals surface area contributed by atoms with Crippen molar-refractivity contribution in [2.75, 3.05) is 13.1 Å². The van der Waals surface area contributed by atoms with E-state index < -0.39 is 0 Å². The molecule has 4 heteroatoms. The zero-order valence-electron chi connectivity index (χ0n) is 11.8. The SMILES string of the molecule is Cc1nn(C)c(C)c1CNCCCNC(C)C. The molecule has 1 aromatic rings. The van der Waals surface area contributed by atoms with Crippen LogP contribution in [-0.2, 0) is 13.6 Å². The molecule has 1 aromatic heterocycles. The molecule has 2 N–H and O–H groups in total. The minimum Gasteiger partial charge on any atom is -0.314 e. The van der Waals surface area contributed by atoms with E-state index in [1.165, 1.54) is 11.3 Å². The molecule has 1 heterocycles. The molecule has 0 aliphatic carbocycles. The molecule has 0 amide bonds. The number of aryl methyl sites for hydroxylation is 2. The highest BCUT2D eigenvalue weighted by molar-refractivity contribution is 5.23. The summed E-state index contributed by atoms with van der Waals surface area (Å²) in [6, 6.07) is 0.581. The van der Waals surface area contributed by atoms with Gasteiger partial charge in [0.25, 0.3) is 0 Å². The molecule has 4 nitrogen and oxygen atoms in total. The number of hydrogen-bond donors (Lipinski definition) is 2. The van der Waals surface area contributed by atoms with Crippen molar-refractivity contribution in [1.82, 2.24) is 20.4 Å². The predicted octanol–water partition coefficient (Wildman–Crippen LogP) is 1.51. The van der Waals surface area contributed by atoms with E-state index in [2.05, 4.69) is 43.4 Å². The number of nitrogens with zero attached hydrogens (tertiary/aromatic N) is 2. The highest BCUT2D eigenvalue weighted by atomic mass is 15.3. The van der Waals surface area contributed by atoms with Gasteiger partial charge in [-0.2, -0.15) is 5.10 Å². The van der Waals surface area contributed by atoms with Crippen LogP contribution >= 0.6 is 0 Å². The van der Waals surface area contributed by atoms with Gasteiger partial charge in [0.05, 0.1) is 5.69 Å². The molecular weight excluding hydrogens is 212 g/mol. The van der Waals surface area contributed by atoms with Crippen LogP contribution in [0.15, 0.2) is 0 Å². The van der Waals surface area contributed by atoms with E-state index >= 15 is 0 Å². The van der Waals surface area contributed by atoms with E-state index in [9.17, 15) is 0 Å². The molecular formula is C13H26N4. The molecule has 0 aromatic carbocycles. The van der Waals surface area contributed by atoms with Gasteiger partial charge in [0.15, 0.2) is 0 Å². The summed E-state index contributed by atoms with van der Waals surface area (Å²) in [6.45, 7) is 11.6. The molecule has 0 saturated heterocycles. The maximum Gasteiger partial charge on any atom is 0.0641 e. The van der Waals surface area contributed by atoms with Crippen LogP contribution in [0.5, 0.6) is 0 Å². The zero-order chi connectivity index (χ0) is 12.8. The molecule has 0 aliphatic rings. The number of rotatable bonds is 7. The van der Waals surface area contributed by atoms with Crippen LogP contribution in [0, 0.1) is 13.8 Å². The van der Waals surface area contributed by atoms with Crippen molar-refractivity contribution in [2.45, 2.75) is 46.7 Å². The Morgan fingerprint density at radius 1 is 1.24 bits per heavy atom. The lowest BCUT2D eigenvalue weighted by molar-refractivity contribution is 0.547. The smallest absolute Gasteiger partial charge is 0.0641 e. The Labute approximate surface area is 105 Å². The Hall–Kier alpha value is -0.870. The van der Waals surface area contributed by atoms with Gasteiger partial charge in [-0.05, 0) is 33.4 Å². The molecule has 98 valence electrons. The molecule has 0 atom stereocenters. The van der Waals surface area contributed by atoms with E-state index in [1.54, 1.807) is 0 Å². The minimum absolute atomic E-state index is 0.581. The van der Waals surface area contributed by atoms with E-state index in [0.29, 0.717) is 6.04 Å². The lowest BCUT2D eigenvalue weighted by Gasteiger charge is -2.08. The van der Waals surface area contributed by atoms with E-state index in [0.717, 1.165) is 31.7 Å². The van der Waals surface area contributed by atoms with Crippen LogP contribution in [0.2, 0.25) is 0 Å². The van der Waals surface area contributed by atoms with Crippen molar-refractivity contribution in [3.8, 4) is 0 Å². The predicted molar refractivity (Wildman–Crippen MR) is 72.1 cm³/mol. The summed E-state index contributed by atoms with van der Waals surface area (Å²) < 4.78 is 1.95. The fourth-order valence-corrected chi connectivity index (χ4v) is 1.89. The van der Waals surface area contributed by atoms with Gasteiger partial charge in [-0.1, -0.05) is 13.8 Å². The first-order valence-corrected chi connectivity index (χ1v) is 6.45. The van der Waals surface area contributed by atoms with Crippen LogP contribution < -0.4 is 10.6 Å². The minimum atomic E-state index is 0.581. The van der Waals surface area contributed by atoms with Gasteiger partial charge in [-0.3, -0.25) is 4.68 Å². The first kappa shape index (κ1) is 14.2. The number of nitrogens with one attached hydrogen (secondary N) is 2. The van der Waals surface area contributed by atoms with Gasteiger partial charge < -0.3 is 10.6 Å². The quantitative estimate of drug-likeness (QED) is 0.708. The van der Waals surface area contributed by atoms with Gasteiger partial charge >= 0.3 is 0 Å². The van der Waals surface area contributed by atoms with E-state index in [1.807, 2.05) is 11.7 Å². The van der Waals surface area contributed by atoms with Gasteiger partial charge in [0, 0.05) is 30.9 Å². The summed E-state index contributed by atoms with van der Waals surface area (Å²) >= 11 is 0. The zero-order valence-corrected chi connectivity index (χ0v) is 11.8. The maximum atomic E-state index is 4.41. The first-order valence-electron chi connectivity index (χ1n) is 6.45. The van der Waals surface area contributed by atoms with Crippen LogP contribution in [-0.4, -0.2) is 28.9 Å². The maximum absolute atomic E-state index is 4.41.